The topological polar surface area (TPSA) is 75.5 Å². The van der Waals surface area contributed by atoms with Gasteiger partial charge in [0.05, 0.1) is 11.1 Å². The number of nitrogens with zero attached hydrogens (tertiary/aromatic N) is 5. The number of nitrogens with one attached hydrogen (secondary N) is 1. The Kier molecular flexibility index (Phi) is 7.00. The zero-order valence-electron chi connectivity index (χ0n) is 19.9. The highest BCUT2D eigenvalue weighted by Gasteiger charge is 2.32. The standard InChI is InChI=1S/C23H31ClF2N6O2/c1-23(2,3)34-22(33)31-9-6-14(7-10-31)32-18-5-8-27-12-16(18)21(29-32)30(4)19-11-15(20(25)26)17(24)13-28-19/h11,13-14,20,27H,5-10,12H2,1-4H3. The normalized spacial score (nSPS) is 17.1. The van der Waals surface area contributed by atoms with Crippen molar-refractivity contribution < 1.29 is 18.3 Å². The number of ether oxygens (including phenoxy) is 1. The summed E-state index contributed by atoms with van der Waals surface area (Å²) in [7, 11) is 1.78. The van der Waals surface area contributed by atoms with E-state index < -0.39 is 12.0 Å². The van der Waals surface area contributed by atoms with E-state index in [1.807, 2.05) is 20.8 Å². The number of piperidine rings is 1. The summed E-state index contributed by atoms with van der Waals surface area (Å²) in [4.78, 5) is 20.2. The summed E-state index contributed by atoms with van der Waals surface area (Å²) in [5.74, 6) is 1.05. The Hall–Kier alpha value is -2.46. The molecule has 8 nitrogen and oxygen atoms in total. The van der Waals surface area contributed by atoms with Crippen molar-refractivity contribution in [2.45, 2.75) is 64.6 Å². The molecule has 1 N–H and O–H groups in total. The van der Waals surface area contributed by atoms with Crippen molar-refractivity contribution in [3.63, 3.8) is 0 Å². The summed E-state index contributed by atoms with van der Waals surface area (Å²) >= 11 is 5.90. The molecule has 0 aliphatic carbocycles. The summed E-state index contributed by atoms with van der Waals surface area (Å²) in [5, 5.41) is 8.24. The molecule has 0 unspecified atom stereocenters. The van der Waals surface area contributed by atoms with E-state index in [4.69, 9.17) is 21.4 Å². The molecule has 2 aliphatic heterocycles. The molecule has 0 saturated carbocycles. The third kappa shape index (κ3) is 5.12. The van der Waals surface area contributed by atoms with Gasteiger partial charge in [0, 0.05) is 62.7 Å². The van der Waals surface area contributed by atoms with E-state index in [9.17, 15) is 13.6 Å². The number of pyridine rings is 1. The number of fused-ring (bicyclic) bond motifs is 1. The minimum Gasteiger partial charge on any atom is -0.444 e. The molecule has 0 radical (unpaired) electrons. The van der Waals surface area contributed by atoms with Gasteiger partial charge in [-0.15, -0.1) is 0 Å². The van der Waals surface area contributed by atoms with Crippen molar-refractivity contribution in [2.24, 2.45) is 0 Å². The summed E-state index contributed by atoms with van der Waals surface area (Å²) in [6, 6.07) is 1.45. The Morgan fingerprint density at radius 2 is 2.03 bits per heavy atom. The van der Waals surface area contributed by atoms with Gasteiger partial charge in [0.15, 0.2) is 5.82 Å². The first-order chi connectivity index (χ1) is 16.0. The maximum Gasteiger partial charge on any atom is 0.410 e. The van der Waals surface area contributed by atoms with E-state index in [0.29, 0.717) is 31.3 Å². The second-order valence-electron chi connectivity index (χ2n) is 9.74. The molecule has 34 heavy (non-hydrogen) atoms. The molecule has 1 saturated heterocycles. The molecule has 0 atom stereocenters. The zero-order valence-corrected chi connectivity index (χ0v) is 20.7. The van der Waals surface area contributed by atoms with Crippen LogP contribution in [0.2, 0.25) is 5.02 Å². The van der Waals surface area contributed by atoms with Gasteiger partial charge in [0.2, 0.25) is 0 Å². The van der Waals surface area contributed by atoms with Crippen molar-refractivity contribution in [1.82, 2.24) is 25.0 Å². The van der Waals surface area contributed by atoms with Gasteiger partial charge in [-0.25, -0.2) is 18.6 Å². The highest BCUT2D eigenvalue weighted by molar-refractivity contribution is 6.31. The molecule has 0 aromatic carbocycles. The van der Waals surface area contributed by atoms with Crippen LogP contribution in [0.4, 0.5) is 25.2 Å². The highest BCUT2D eigenvalue weighted by atomic mass is 35.5. The Bertz CT molecular complexity index is 1050. The summed E-state index contributed by atoms with van der Waals surface area (Å²) in [6.07, 6.45) is 0.617. The van der Waals surface area contributed by atoms with Gasteiger partial charge in [-0.3, -0.25) is 4.68 Å². The third-order valence-electron chi connectivity index (χ3n) is 6.17. The third-order valence-corrected chi connectivity index (χ3v) is 6.48. The molecule has 2 aliphatic rings. The molecule has 0 spiro atoms. The Morgan fingerprint density at radius 1 is 1.32 bits per heavy atom. The monoisotopic (exact) mass is 496 g/mol. The van der Waals surface area contributed by atoms with E-state index in [-0.39, 0.29) is 22.7 Å². The number of carbonyl (C=O) groups is 1. The number of hydrogen-bond acceptors (Lipinski definition) is 6. The van der Waals surface area contributed by atoms with Crippen LogP contribution >= 0.6 is 11.6 Å². The lowest BCUT2D eigenvalue weighted by Gasteiger charge is -2.34. The molecule has 2 aromatic heterocycles. The Labute approximate surface area is 203 Å². The van der Waals surface area contributed by atoms with Crippen LogP contribution < -0.4 is 10.2 Å². The van der Waals surface area contributed by atoms with Gasteiger partial charge in [-0.05, 0) is 39.7 Å². The second-order valence-corrected chi connectivity index (χ2v) is 10.1. The van der Waals surface area contributed by atoms with Gasteiger partial charge >= 0.3 is 6.09 Å². The van der Waals surface area contributed by atoms with E-state index >= 15 is 0 Å². The maximum absolute atomic E-state index is 13.4. The molecule has 1 amide bonds. The summed E-state index contributed by atoms with van der Waals surface area (Å²) < 4.78 is 34.3. The fourth-order valence-electron chi connectivity index (χ4n) is 4.45. The minimum absolute atomic E-state index is 0.0573. The predicted molar refractivity (Wildman–Crippen MR) is 126 cm³/mol. The van der Waals surface area contributed by atoms with E-state index in [2.05, 4.69) is 15.0 Å². The molecule has 4 rings (SSSR count). The van der Waals surface area contributed by atoms with Crippen molar-refractivity contribution in [2.75, 3.05) is 31.6 Å². The molecular weight excluding hydrogens is 466 g/mol. The quantitative estimate of drug-likeness (QED) is 0.652. The van der Waals surface area contributed by atoms with Crippen LogP contribution in [0.15, 0.2) is 12.3 Å². The fourth-order valence-corrected chi connectivity index (χ4v) is 4.64. The smallest absolute Gasteiger partial charge is 0.410 e. The van der Waals surface area contributed by atoms with Crippen molar-refractivity contribution in [1.29, 1.82) is 0 Å². The fraction of sp³-hybridized carbons (Fsp3) is 0.609. The number of carbonyl (C=O) groups excluding carboxylic acids is 1. The lowest BCUT2D eigenvalue weighted by molar-refractivity contribution is 0.0184. The second kappa shape index (κ2) is 9.65. The Balaban J connectivity index is 1.57. The predicted octanol–water partition coefficient (Wildman–Crippen LogP) is 4.85. The number of hydrogen-bond donors (Lipinski definition) is 1. The van der Waals surface area contributed by atoms with Crippen molar-refractivity contribution >= 4 is 29.3 Å². The minimum atomic E-state index is -2.69. The van der Waals surface area contributed by atoms with Gasteiger partial charge in [0.1, 0.15) is 11.4 Å². The van der Waals surface area contributed by atoms with Crippen molar-refractivity contribution in [3.05, 3.63) is 34.1 Å². The van der Waals surface area contributed by atoms with Gasteiger partial charge in [0.25, 0.3) is 6.43 Å². The van der Waals surface area contributed by atoms with Crippen LogP contribution in [-0.2, 0) is 17.7 Å². The van der Waals surface area contributed by atoms with Crippen LogP contribution in [-0.4, -0.2) is 58.0 Å². The number of likely N-dealkylation sites (tertiary alicyclic amines) is 1. The number of aromatic nitrogens is 3. The van der Waals surface area contributed by atoms with Crippen LogP contribution in [0.3, 0.4) is 0 Å². The number of anilines is 2. The molecule has 186 valence electrons. The van der Waals surface area contributed by atoms with Gasteiger partial charge in [-0.2, -0.15) is 5.10 Å². The number of amides is 1. The van der Waals surface area contributed by atoms with Crippen LogP contribution in [0, 0.1) is 0 Å². The van der Waals surface area contributed by atoms with Gasteiger partial charge < -0.3 is 19.9 Å². The average molecular weight is 497 g/mol. The Morgan fingerprint density at radius 3 is 2.68 bits per heavy atom. The van der Waals surface area contributed by atoms with Crippen LogP contribution in [0.25, 0.3) is 0 Å². The van der Waals surface area contributed by atoms with E-state index in [1.54, 1.807) is 16.8 Å². The zero-order chi connectivity index (χ0) is 24.6. The van der Waals surface area contributed by atoms with Crippen molar-refractivity contribution in [3.8, 4) is 0 Å². The van der Waals surface area contributed by atoms with E-state index in [1.165, 1.54) is 12.3 Å². The summed E-state index contributed by atoms with van der Waals surface area (Å²) in [6.45, 7) is 8.25. The maximum atomic E-state index is 13.4. The summed E-state index contributed by atoms with van der Waals surface area (Å²) in [5.41, 5.74) is 1.40. The number of alkyl halides is 2. The molecule has 11 heteroatoms. The lowest BCUT2D eigenvalue weighted by Crippen LogP contribution is -2.42. The first kappa shape index (κ1) is 24.7. The van der Waals surface area contributed by atoms with Crippen LogP contribution in [0.5, 0.6) is 0 Å². The first-order valence-electron chi connectivity index (χ1n) is 11.5. The average Bonchev–Trinajstić information content (AvgIpc) is 3.17. The molecule has 0 bridgehead atoms. The van der Waals surface area contributed by atoms with Crippen LogP contribution in [0.1, 0.15) is 62.9 Å². The molecule has 1 fully saturated rings. The van der Waals surface area contributed by atoms with Gasteiger partial charge in [-0.1, -0.05) is 11.6 Å². The molecule has 2 aromatic rings. The lowest BCUT2D eigenvalue weighted by atomic mass is 10.0. The molecule has 4 heterocycles. The first-order valence-corrected chi connectivity index (χ1v) is 11.9. The van der Waals surface area contributed by atoms with E-state index in [0.717, 1.165) is 37.1 Å². The largest absolute Gasteiger partial charge is 0.444 e. The highest BCUT2D eigenvalue weighted by Crippen LogP contribution is 2.36. The SMILES string of the molecule is CN(c1cc(C(F)F)c(Cl)cn1)c1nn(C2CCN(C(=O)OC(C)(C)C)CC2)c2c1CNCC2. The molecular formula is C23H31ClF2N6O2. The number of rotatable bonds is 4. The number of halogens is 3.